The van der Waals surface area contributed by atoms with Gasteiger partial charge in [-0.15, -0.1) is 11.3 Å². The second kappa shape index (κ2) is 4.81. The molecule has 1 aliphatic rings. The molecule has 1 aromatic heterocycles. The Morgan fingerprint density at radius 1 is 1.32 bits per heavy atom. The van der Waals surface area contributed by atoms with Crippen LogP contribution in [0.15, 0.2) is 22.9 Å². The highest BCUT2D eigenvalue weighted by Gasteiger charge is 2.33. The number of hydrogen-bond acceptors (Lipinski definition) is 5. The van der Waals surface area contributed by atoms with Crippen molar-refractivity contribution in [2.75, 3.05) is 19.0 Å². The highest BCUT2D eigenvalue weighted by molar-refractivity contribution is 7.17. The average Bonchev–Trinajstić information content (AvgIpc) is 2.86. The molecule has 0 aromatic carbocycles. The van der Waals surface area contributed by atoms with Crippen molar-refractivity contribution in [3.8, 4) is 0 Å². The topological polar surface area (TPSA) is 41.9 Å². The number of nitrogens with zero attached hydrogens (tertiary/aromatic N) is 2. The summed E-state index contributed by atoms with van der Waals surface area (Å²) >= 11 is 1.63. The molecule has 1 aromatic rings. The van der Waals surface area contributed by atoms with Crippen molar-refractivity contribution in [3.05, 3.63) is 22.6 Å². The Hall–Kier alpha value is -1.62. The zero-order chi connectivity index (χ0) is 14.2. The van der Waals surface area contributed by atoms with Crippen LogP contribution in [0, 0.1) is 5.41 Å². The van der Waals surface area contributed by atoms with Crippen LogP contribution >= 0.6 is 11.3 Å². The number of thiophene rings is 1. The number of carbonyl (C=O) groups excluding carboxylic acids is 1. The van der Waals surface area contributed by atoms with Gasteiger partial charge in [0.15, 0.2) is 0 Å². The molecule has 0 N–H and O–H groups in total. The molecular weight excluding hydrogens is 260 g/mol. The molecule has 1 aliphatic heterocycles. The molecule has 0 fully saturated rings. The van der Waals surface area contributed by atoms with E-state index in [1.165, 1.54) is 0 Å². The fraction of sp³-hybridized carbons (Fsp3) is 0.429. The van der Waals surface area contributed by atoms with Gasteiger partial charge >= 0.3 is 5.97 Å². The van der Waals surface area contributed by atoms with Gasteiger partial charge in [-0.2, -0.15) is 0 Å². The first kappa shape index (κ1) is 13.8. The third-order valence-corrected chi connectivity index (χ3v) is 3.95. The van der Waals surface area contributed by atoms with Crippen LogP contribution in [0.5, 0.6) is 0 Å². The first-order valence-corrected chi connectivity index (χ1v) is 6.90. The minimum atomic E-state index is -0.371. The zero-order valence-corrected chi connectivity index (χ0v) is 12.7. The smallest absolute Gasteiger partial charge is 0.367 e. The third-order valence-electron chi connectivity index (χ3n) is 2.75. The van der Waals surface area contributed by atoms with E-state index in [9.17, 15) is 4.79 Å². The van der Waals surface area contributed by atoms with E-state index >= 15 is 0 Å². The van der Waals surface area contributed by atoms with Crippen molar-refractivity contribution in [3.63, 3.8) is 0 Å². The Labute approximate surface area is 117 Å². The van der Waals surface area contributed by atoms with Gasteiger partial charge in [0.05, 0.1) is 10.6 Å². The second-order valence-corrected chi connectivity index (χ2v) is 6.79. The quantitative estimate of drug-likeness (QED) is 0.616. The summed E-state index contributed by atoms with van der Waals surface area (Å²) in [6, 6.07) is 4.03. The molecule has 0 aliphatic carbocycles. The molecule has 0 saturated heterocycles. The molecule has 0 radical (unpaired) electrons. The van der Waals surface area contributed by atoms with Crippen molar-refractivity contribution in [1.82, 2.24) is 0 Å². The molecule has 0 amide bonds. The lowest BCUT2D eigenvalue weighted by molar-refractivity contribution is -0.136. The number of oxime groups is 1. The Balaban J connectivity index is 2.35. The minimum absolute atomic E-state index is 0.209. The molecule has 0 atom stereocenters. The van der Waals surface area contributed by atoms with Gasteiger partial charge in [-0.1, -0.05) is 25.9 Å². The SMILES string of the molecule is CN(C)c1ccc(/C=C2/C(=O)ON=C2C(C)(C)C)s1. The maximum Gasteiger partial charge on any atom is 0.367 e. The van der Waals surface area contributed by atoms with Gasteiger partial charge in [0, 0.05) is 24.4 Å². The van der Waals surface area contributed by atoms with Crippen LogP contribution in [0.2, 0.25) is 0 Å². The molecule has 0 saturated carbocycles. The number of anilines is 1. The van der Waals surface area contributed by atoms with Crippen molar-refractivity contribution < 1.29 is 9.63 Å². The molecular formula is C14H18N2O2S. The molecule has 0 unspecified atom stereocenters. The standard InChI is InChI=1S/C14H18N2O2S/c1-14(2,3)12-10(13(17)18-15-12)8-9-6-7-11(19-9)16(4)5/h6-8H,1-5H3/b10-8+. The first-order chi connectivity index (χ1) is 8.79. The summed E-state index contributed by atoms with van der Waals surface area (Å²) in [6.45, 7) is 6.05. The number of carbonyl (C=O) groups is 1. The van der Waals surface area contributed by atoms with E-state index in [4.69, 9.17) is 4.84 Å². The van der Waals surface area contributed by atoms with Gasteiger partial charge in [-0.3, -0.25) is 0 Å². The van der Waals surface area contributed by atoms with E-state index in [2.05, 4.69) is 5.16 Å². The number of rotatable bonds is 2. The average molecular weight is 278 g/mol. The Kier molecular flexibility index (Phi) is 3.49. The Morgan fingerprint density at radius 3 is 2.53 bits per heavy atom. The normalized spacial score (nSPS) is 17.6. The summed E-state index contributed by atoms with van der Waals surface area (Å²) in [7, 11) is 3.99. The van der Waals surface area contributed by atoms with Gasteiger partial charge in [0.25, 0.3) is 0 Å². The van der Waals surface area contributed by atoms with Gasteiger partial charge in [-0.05, 0) is 18.2 Å². The van der Waals surface area contributed by atoms with Gasteiger partial charge in [0.1, 0.15) is 5.71 Å². The lowest BCUT2D eigenvalue weighted by atomic mass is 9.85. The monoisotopic (exact) mass is 278 g/mol. The molecule has 102 valence electrons. The van der Waals surface area contributed by atoms with Crippen LogP contribution in [0.3, 0.4) is 0 Å². The lowest BCUT2D eigenvalue weighted by Gasteiger charge is -2.16. The second-order valence-electron chi connectivity index (χ2n) is 5.70. The third kappa shape index (κ3) is 2.87. The van der Waals surface area contributed by atoms with Crippen molar-refractivity contribution in [2.45, 2.75) is 20.8 Å². The summed E-state index contributed by atoms with van der Waals surface area (Å²) in [5.74, 6) is -0.371. The summed E-state index contributed by atoms with van der Waals surface area (Å²) in [5.41, 5.74) is 1.05. The van der Waals surface area contributed by atoms with Crippen molar-refractivity contribution in [2.24, 2.45) is 10.6 Å². The van der Waals surface area contributed by atoms with Crippen molar-refractivity contribution in [1.29, 1.82) is 0 Å². The summed E-state index contributed by atoms with van der Waals surface area (Å²) < 4.78 is 0. The highest BCUT2D eigenvalue weighted by atomic mass is 32.1. The van der Waals surface area contributed by atoms with E-state index in [-0.39, 0.29) is 11.4 Å². The zero-order valence-electron chi connectivity index (χ0n) is 11.9. The van der Waals surface area contributed by atoms with Crippen LogP contribution < -0.4 is 4.90 Å². The van der Waals surface area contributed by atoms with Gasteiger partial charge in [0.2, 0.25) is 0 Å². The minimum Gasteiger partial charge on any atom is -0.370 e. The van der Waals surface area contributed by atoms with E-state index in [0.717, 1.165) is 9.88 Å². The molecule has 0 spiro atoms. The maximum absolute atomic E-state index is 11.8. The van der Waals surface area contributed by atoms with E-state index in [0.29, 0.717) is 11.3 Å². The van der Waals surface area contributed by atoms with Crippen molar-refractivity contribution >= 4 is 34.1 Å². The Morgan fingerprint density at radius 2 is 2.00 bits per heavy atom. The summed E-state index contributed by atoms with van der Waals surface area (Å²) in [4.78, 5) is 19.6. The fourth-order valence-electron chi connectivity index (χ4n) is 1.75. The van der Waals surface area contributed by atoms with Gasteiger partial charge in [-0.25, -0.2) is 4.79 Å². The van der Waals surface area contributed by atoms with Crippen LogP contribution in [-0.2, 0) is 9.63 Å². The van der Waals surface area contributed by atoms with Crippen LogP contribution in [0.25, 0.3) is 6.08 Å². The predicted octanol–water partition coefficient (Wildman–Crippen LogP) is 3.16. The van der Waals surface area contributed by atoms with E-state index in [1.807, 2.05) is 58.0 Å². The van der Waals surface area contributed by atoms with Crippen LogP contribution in [-0.4, -0.2) is 25.8 Å². The molecule has 0 bridgehead atoms. The van der Waals surface area contributed by atoms with E-state index < -0.39 is 0 Å². The molecule has 4 nitrogen and oxygen atoms in total. The molecule has 5 heteroatoms. The van der Waals surface area contributed by atoms with Crippen LogP contribution in [0.4, 0.5) is 5.00 Å². The summed E-state index contributed by atoms with van der Waals surface area (Å²) in [5, 5.41) is 5.05. The van der Waals surface area contributed by atoms with Crippen LogP contribution in [0.1, 0.15) is 25.6 Å². The largest absolute Gasteiger partial charge is 0.370 e. The first-order valence-electron chi connectivity index (χ1n) is 6.08. The Bertz CT molecular complexity index is 562. The molecule has 2 heterocycles. The molecule has 2 rings (SSSR count). The maximum atomic E-state index is 11.8. The van der Waals surface area contributed by atoms with Gasteiger partial charge < -0.3 is 9.74 Å². The summed E-state index contributed by atoms with van der Waals surface area (Å²) in [6.07, 6.45) is 1.86. The molecule has 19 heavy (non-hydrogen) atoms. The fourth-order valence-corrected chi connectivity index (χ4v) is 2.63. The lowest BCUT2D eigenvalue weighted by Crippen LogP contribution is -2.21. The van der Waals surface area contributed by atoms with E-state index in [1.54, 1.807) is 11.3 Å². The highest BCUT2D eigenvalue weighted by Crippen LogP contribution is 2.31. The number of hydrogen-bond donors (Lipinski definition) is 0. The predicted molar refractivity (Wildman–Crippen MR) is 79.6 cm³/mol.